The van der Waals surface area contributed by atoms with E-state index >= 15 is 0 Å². The Labute approximate surface area is 144 Å². The smallest absolute Gasteiger partial charge is 0.198 e. The Morgan fingerprint density at radius 1 is 0.720 bits per heavy atom. The molecule has 0 amide bonds. The van der Waals surface area contributed by atoms with E-state index in [0.717, 1.165) is 5.56 Å². The van der Waals surface area contributed by atoms with Crippen molar-refractivity contribution in [2.45, 2.75) is 6.92 Å². The molecule has 2 N–H and O–H groups in total. The number of carbonyl (C=O) groups excluding carboxylic acids is 2. The molecule has 122 valence electrons. The summed E-state index contributed by atoms with van der Waals surface area (Å²) in [5, 5.41) is 21.1. The number of hydrogen-bond donors (Lipinski definition) is 2. The molecule has 1 aliphatic carbocycles. The number of fused-ring (bicyclic) bond motifs is 2. The maximum atomic E-state index is 12.8. The lowest BCUT2D eigenvalue weighted by atomic mass is 9.81. The highest BCUT2D eigenvalue weighted by Crippen LogP contribution is 2.43. The van der Waals surface area contributed by atoms with E-state index in [2.05, 4.69) is 0 Å². The molecular weight excluding hydrogens is 316 g/mol. The Morgan fingerprint density at radius 2 is 1.28 bits per heavy atom. The van der Waals surface area contributed by atoms with Crippen molar-refractivity contribution in [2.24, 2.45) is 0 Å². The summed E-state index contributed by atoms with van der Waals surface area (Å²) in [4.78, 5) is 25.5. The highest BCUT2D eigenvalue weighted by atomic mass is 16.3. The Balaban J connectivity index is 2.01. The molecule has 0 aliphatic heterocycles. The topological polar surface area (TPSA) is 74.6 Å². The van der Waals surface area contributed by atoms with Crippen LogP contribution >= 0.6 is 0 Å². The molecule has 3 aromatic rings. The van der Waals surface area contributed by atoms with Gasteiger partial charge in [-0.15, -0.1) is 0 Å². The molecule has 0 atom stereocenters. The third-order valence-corrected chi connectivity index (χ3v) is 4.51. The minimum Gasteiger partial charge on any atom is -0.507 e. The molecule has 1 aliphatic rings. The second-order valence-corrected chi connectivity index (χ2v) is 6.11. The molecule has 0 fully saturated rings. The molecule has 25 heavy (non-hydrogen) atoms. The Bertz CT molecular complexity index is 1050. The van der Waals surface area contributed by atoms with Crippen molar-refractivity contribution in [3.63, 3.8) is 0 Å². The average Bonchev–Trinajstić information content (AvgIpc) is 2.62. The average molecular weight is 330 g/mol. The van der Waals surface area contributed by atoms with E-state index in [9.17, 15) is 19.8 Å². The van der Waals surface area contributed by atoms with Crippen LogP contribution in [0.15, 0.2) is 54.6 Å². The molecule has 3 aromatic carbocycles. The maximum Gasteiger partial charge on any atom is 0.198 e. The summed E-state index contributed by atoms with van der Waals surface area (Å²) in [6.07, 6.45) is 0. The van der Waals surface area contributed by atoms with E-state index in [4.69, 9.17) is 0 Å². The summed E-state index contributed by atoms with van der Waals surface area (Å²) in [6.45, 7) is 1.94. The van der Waals surface area contributed by atoms with Crippen molar-refractivity contribution in [3.8, 4) is 22.6 Å². The number of hydrogen-bond acceptors (Lipinski definition) is 4. The fourth-order valence-electron chi connectivity index (χ4n) is 3.21. The van der Waals surface area contributed by atoms with E-state index < -0.39 is 11.6 Å². The zero-order valence-corrected chi connectivity index (χ0v) is 13.4. The van der Waals surface area contributed by atoms with Gasteiger partial charge in [0.2, 0.25) is 0 Å². The van der Waals surface area contributed by atoms with Crippen LogP contribution in [0.2, 0.25) is 0 Å². The minimum absolute atomic E-state index is 0.140. The zero-order chi connectivity index (χ0) is 17.7. The van der Waals surface area contributed by atoms with E-state index in [1.54, 1.807) is 36.4 Å². The molecular formula is C21H14O4. The predicted molar refractivity (Wildman–Crippen MR) is 93.3 cm³/mol. The highest BCUT2D eigenvalue weighted by Gasteiger charge is 2.35. The van der Waals surface area contributed by atoms with Gasteiger partial charge in [0.05, 0.1) is 11.1 Å². The van der Waals surface area contributed by atoms with Gasteiger partial charge in [-0.1, -0.05) is 54.1 Å². The van der Waals surface area contributed by atoms with Gasteiger partial charge < -0.3 is 10.2 Å². The van der Waals surface area contributed by atoms with Gasteiger partial charge in [0.25, 0.3) is 0 Å². The number of rotatable bonds is 1. The van der Waals surface area contributed by atoms with Gasteiger partial charge in [0.15, 0.2) is 11.6 Å². The number of ketones is 2. The predicted octanol–water partition coefficient (Wildman–Crippen LogP) is 3.85. The van der Waals surface area contributed by atoms with E-state index in [1.165, 1.54) is 6.07 Å². The lowest BCUT2D eigenvalue weighted by Crippen LogP contribution is -2.21. The molecule has 0 aromatic heterocycles. The van der Waals surface area contributed by atoms with Crippen LogP contribution in [0.25, 0.3) is 11.1 Å². The maximum absolute atomic E-state index is 12.8. The highest BCUT2D eigenvalue weighted by molar-refractivity contribution is 6.30. The fourth-order valence-corrected chi connectivity index (χ4v) is 3.21. The number of benzene rings is 3. The summed E-state index contributed by atoms with van der Waals surface area (Å²) in [7, 11) is 0. The first kappa shape index (κ1) is 15.1. The van der Waals surface area contributed by atoms with Crippen LogP contribution < -0.4 is 0 Å². The minimum atomic E-state index is -0.466. The molecule has 0 unspecified atom stereocenters. The summed E-state index contributed by atoms with van der Waals surface area (Å²) >= 11 is 0. The van der Waals surface area contributed by atoms with Crippen molar-refractivity contribution in [2.75, 3.05) is 0 Å². The second-order valence-electron chi connectivity index (χ2n) is 6.11. The fraction of sp³-hybridized carbons (Fsp3) is 0.0476. The van der Waals surface area contributed by atoms with Crippen LogP contribution in [0.4, 0.5) is 0 Å². The largest absolute Gasteiger partial charge is 0.507 e. The molecule has 0 radical (unpaired) electrons. The molecule has 4 heteroatoms. The van der Waals surface area contributed by atoms with Crippen molar-refractivity contribution in [1.82, 2.24) is 0 Å². The van der Waals surface area contributed by atoms with Crippen LogP contribution in [0.5, 0.6) is 11.5 Å². The van der Waals surface area contributed by atoms with Crippen LogP contribution in [-0.2, 0) is 0 Å². The van der Waals surface area contributed by atoms with Crippen LogP contribution in [0, 0.1) is 6.92 Å². The third kappa shape index (κ3) is 2.15. The molecule has 0 saturated heterocycles. The molecule has 0 spiro atoms. The lowest BCUT2D eigenvalue weighted by Gasteiger charge is -2.21. The van der Waals surface area contributed by atoms with E-state index in [0.29, 0.717) is 11.1 Å². The number of carbonyl (C=O) groups is 2. The van der Waals surface area contributed by atoms with Gasteiger partial charge in [-0.25, -0.2) is 0 Å². The Kier molecular flexibility index (Phi) is 3.22. The van der Waals surface area contributed by atoms with Crippen molar-refractivity contribution in [3.05, 3.63) is 82.4 Å². The Hall–Kier alpha value is -3.40. The molecule has 0 heterocycles. The zero-order valence-electron chi connectivity index (χ0n) is 13.4. The van der Waals surface area contributed by atoms with Crippen molar-refractivity contribution >= 4 is 11.6 Å². The first-order valence-corrected chi connectivity index (χ1v) is 7.83. The summed E-state index contributed by atoms with van der Waals surface area (Å²) in [5.41, 5.74) is 2.20. The normalized spacial score (nSPS) is 12.7. The van der Waals surface area contributed by atoms with E-state index in [1.807, 2.05) is 19.1 Å². The van der Waals surface area contributed by atoms with Gasteiger partial charge >= 0.3 is 0 Å². The summed E-state index contributed by atoms with van der Waals surface area (Å²) in [6, 6.07) is 15.1. The van der Waals surface area contributed by atoms with Gasteiger partial charge in [0.1, 0.15) is 11.5 Å². The number of aryl methyl sites for hydroxylation is 1. The van der Waals surface area contributed by atoms with Gasteiger partial charge in [-0.2, -0.15) is 0 Å². The molecule has 0 bridgehead atoms. The SMILES string of the molecule is Cc1ccc(-c2cc(O)c3c(c2O)C(=O)c2ccccc2C3=O)cc1. The lowest BCUT2D eigenvalue weighted by molar-refractivity contribution is 0.0974. The quantitative estimate of drug-likeness (QED) is 0.520. The van der Waals surface area contributed by atoms with Gasteiger partial charge in [-0.3, -0.25) is 9.59 Å². The van der Waals surface area contributed by atoms with Crippen LogP contribution in [0.3, 0.4) is 0 Å². The Morgan fingerprint density at radius 3 is 1.88 bits per heavy atom. The van der Waals surface area contributed by atoms with E-state index in [-0.39, 0.29) is 33.8 Å². The van der Waals surface area contributed by atoms with Gasteiger partial charge in [-0.05, 0) is 18.6 Å². The molecule has 4 rings (SSSR count). The summed E-state index contributed by atoms with van der Waals surface area (Å²) in [5.74, 6) is -1.53. The molecule has 0 saturated carbocycles. The number of phenolic OH excluding ortho intramolecular Hbond substituents is 2. The summed E-state index contributed by atoms with van der Waals surface area (Å²) < 4.78 is 0. The number of aromatic hydroxyl groups is 2. The van der Waals surface area contributed by atoms with Crippen LogP contribution in [-0.4, -0.2) is 21.8 Å². The standard InChI is InChI=1S/C21H14O4/c1-11-6-8-12(9-7-11)15-10-16(22)17-18(21(15)25)20(24)14-5-3-2-4-13(14)19(17)23/h2-10,22,25H,1H3. The van der Waals surface area contributed by atoms with Gasteiger partial charge in [0, 0.05) is 16.7 Å². The first-order chi connectivity index (χ1) is 12.0. The van der Waals surface area contributed by atoms with Crippen molar-refractivity contribution in [1.29, 1.82) is 0 Å². The van der Waals surface area contributed by atoms with Crippen molar-refractivity contribution < 1.29 is 19.8 Å². The second kappa shape index (κ2) is 5.31. The monoisotopic (exact) mass is 330 g/mol. The van der Waals surface area contributed by atoms with Crippen LogP contribution in [0.1, 0.15) is 37.4 Å². The molecule has 4 nitrogen and oxygen atoms in total. The first-order valence-electron chi connectivity index (χ1n) is 7.83. The third-order valence-electron chi connectivity index (χ3n) is 4.51. The number of phenols is 2.